The second-order valence-electron chi connectivity index (χ2n) is 6.89. The van der Waals surface area contributed by atoms with Crippen LogP contribution in [0.1, 0.15) is 45.7 Å². The summed E-state index contributed by atoms with van der Waals surface area (Å²) in [6.07, 6.45) is 0. The van der Waals surface area contributed by atoms with E-state index in [0.717, 1.165) is 5.56 Å². The predicted octanol–water partition coefficient (Wildman–Crippen LogP) is 5.10. The van der Waals surface area contributed by atoms with Gasteiger partial charge in [0.2, 0.25) is 0 Å². The van der Waals surface area contributed by atoms with E-state index in [4.69, 9.17) is 4.74 Å². The Morgan fingerprint density at radius 3 is 1.78 bits per heavy atom. The van der Waals surface area contributed by atoms with Crippen molar-refractivity contribution in [1.82, 2.24) is 0 Å². The van der Waals surface area contributed by atoms with Gasteiger partial charge in [-0.05, 0) is 19.4 Å². The van der Waals surface area contributed by atoms with Crippen LogP contribution < -0.4 is 0 Å². The molecule has 0 aromatic heterocycles. The van der Waals surface area contributed by atoms with Crippen molar-refractivity contribution in [2.45, 2.75) is 26.1 Å². The van der Waals surface area contributed by atoms with Crippen molar-refractivity contribution < 1.29 is 14.3 Å². The molecule has 0 aliphatic carbocycles. The van der Waals surface area contributed by atoms with Crippen LogP contribution in [0.3, 0.4) is 0 Å². The Morgan fingerprint density at radius 1 is 0.704 bits per heavy atom. The van der Waals surface area contributed by atoms with Crippen LogP contribution >= 0.6 is 0 Å². The van der Waals surface area contributed by atoms with Crippen molar-refractivity contribution in [1.29, 1.82) is 0 Å². The molecule has 0 spiro atoms. The number of hydrogen-bond acceptors (Lipinski definition) is 3. The number of carbonyl (C=O) groups excluding carboxylic acids is 2. The SMILES string of the molecule is CC(C)(OCc1ccccc1)C(=O)c1ccc(C(=O)c2ccccc2)cc1. The minimum atomic E-state index is -0.958. The largest absolute Gasteiger partial charge is 0.363 e. The van der Waals surface area contributed by atoms with Gasteiger partial charge in [0.05, 0.1) is 6.61 Å². The van der Waals surface area contributed by atoms with Gasteiger partial charge in [0.1, 0.15) is 5.60 Å². The highest BCUT2D eigenvalue weighted by atomic mass is 16.5. The Hall–Kier alpha value is -3.04. The average molecular weight is 358 g/mol. The second kappa shape index (κ2) is 8.11. The van der Waals surface area contributed by atoms with Crippen molar-refractivity contribution in [2.24, 2.45) is 0 Å². The van der Waals surface area contributed by atoms with E-state index in [1.54, 1.807) is 50.2 Å². The van der Waals surface area contributed by atoms with Gasteiger partial charge in [0, 0.05) is 16.7 Å². The molecule has 0 heterocycles. The topological polar surface area (TPSA) is 43.4 Å². The van der Waals surface area contributed by atoms with Gasteiger partial charge in [0.15, 0.2) is 11.6 Å². The van der Waals surface area contributed by atoms with Crippen molar-refractivity contribution >= 4 is 11.6 Å². The number of hydrogen-bond donors (Lipinski definition) is 0. The Kier molecular flexibility index (Phi) is 5.63. The Labute approximate surface area is 159 Å². The smallest absolute Gasteiger partial charge is 0.194 e. The highest BCUT2D eigenvalue weighted by Gasteiger charge is 2.29. The summed E-state index contributed by atoms with van der Waals surface area (Å²) in [5, 5.41) is 0. The summed E-state index contributed by atoms with van der Waals surface area (Å²) in [7, 11) is 0. The van der Waals surface area contributed by atoms with Crippen LogP contribution in [0, 0.1) is 0 Å². The highest BCUT2D eigenvalue weighted by Crippen LogP contribution is 2.20. The molecular weight excluding hydrogens is 336 g/mol. The fourth-order valence-electron chi connectivity index (χ4n) is 2.78. The first kappa shape index (κ1) is 18.7. The normalized spacial score (nSPS) is 11.2. The van der Waals surface area contributed by atoms with Crippen LogP contribution in [0.4, 0.5) is 0 Å². The molecule has 3 nitrogen and oxygen atoms in total. The summed E-state index contributed by atoms with van der Waals surface area (Å²) in [5.74, 6) is -0.175. The molecule has 27 heavy (non-hydrogen) atoms. The summed E-state index contributed by atoms with van der Waals surface area (Å²) < 4.78 is 5.86. The fraction of sp³-hybridized carbons (Fsp3) is 0.167. The molecule has 3 rings (SSSR count). The van der Waals surface area contributed by atoms with Gasteiger partial charge in [-0.1, -0.05) is 84.9 Å². The van der Waals surface area contributed by atoms with Crippen LogP contribution in [0.5, 0.6) is 0 Å². The van der Waals surface area contributed by atoms with Gasteiger partial charge < -0.3 is 4.74 Å². The van der Waals surface area contributed by atoms with Gasteiger partial charge in [-0.25, -0.2) is 0 Å². The maximum absolute atomic E-state index is 12.8. The molecule has 3 heteroatoms. The zero-order valence-electron chi connectivity index (χ0n) is 15.5. The van der Waals surface area contributed by atoms with E-state index in [2.05, 4.69) is 0 Å². The fourth-order valence-corrected chi connectivity index (χ4v) is 2.78. The van der Waals surface area contributed by atoms with Gasteiger partial charge in [0.25, 0.3) is 0 Å². The van der Waals surface area contributed by atoms with Crippen LogP contribution in [0.2, 0.25) is 0 Å². The molecule has 136 valence electrons. The van der Waals surface area contributed by atoms with Gasteiger partial charge in [-0.15, -0.1) is 0 Å². The lowest BCUT2D eigenvalue weighted by atomic mass is 9.94. The lowest BCUT2D eigenvalue weighted by Crippen LogP contribution is -2.35. The minimum Gasteiger partial charge on any atom is -0.363 e. The van der Waals surface area contributed by atoms with E-state index >= 15 is 0 Å². The summed E-state index contributed by atoms with van der Waals surface area (Å²) >= 11 is 0. The van der Waals surface area contributed by atoms with Gasteiger partial charge >= 0.3 is 0 Å². The Bertz CT molecular complexity index is 911. The number of rotatable bonds is 7. The molecular formula is C24H22O3. The molecule has 0 atom stereocenters. The number of ketones is 2. The molecule has 0 amide bonds. The maximum atomic E-state index is 12.8. The van der Waals surface area contributed by atoms with Crippen molar-refractivity contribution in [3.8, 4) is 0 Å². The summed E-state index contributed by atoms with van der Waals surface area (Å²) in [4.78, 5) is 25.3. The number of Topliss-reactive ketones (excluding diaryl/α,β-unsaturated/α-hetero) is 1. The van der Waals surface area contributed by atoms with Crippen LogP contribution in [0.25, 0.3) is 0 Å². The highest BCUT2D eigenvalue weighted by molar-refractivity contribution is 6.09. The molecule has 0 aliphatic rings. The molecule has 0 aliphatic heterocycles. The third-order valence-electron chi connectivity index (χ3n) is 4.43. The van der Waals surface area contributed by atoms with Gasteiger partial charge in [-0.3, -0.25) is 9.59 Å². The molecule has 0 bridgehead atoms. The third kappa shape index (κ3) is 4.57. The number of carbonyl (C=O) groups is 2. The molecule has 0 N–H and O–H groups in total. The molecule has 0 saturated carbocycles. The molecule has 3 aromatic rings. The standard InChI is InChI=1S/C24H22O3/c1-24(2,27-17-18-9-5-3-6-10-18)23(26)21-15-13-20(14-16-21)22(25)19-11-7-4-8-12-19/h3-16H,17H2,1-2H3. The van der Waals surface area contributed by atoms with E-state index in [-0.39, 0.29) is 11.6 Å². The summed E-state index contributed by atoms with van der Waals surface area (Å²) in [5.41, 5.74) is 1.77. The second-order valence-corrected chi connectivity index (χ2v) is 6.89. The Balaban J connectivity index is 1.70. The molecule has 0 saturated heterocycles. The van der Waals surface area contributed by atoms with Gasteiger partial charge in [-0.2, -0.15) is 0 Å². The lowest BCUT2D eigenvalue weighted by Gasteiger charge is -2.24. The lowest BCUT2D eigenvalue weighted by molar-refractivity contribution is -0.0135. The van der Waals surface area contributed by atoms with E-state index in [1.807, 2.05) is 48.5 Å². The maximum Gasteiger partial charge on any atom is 0.194 e. The van der Waals surface area contributed by atoms with Crippen LogP contribution in [0.15, 0.2) is 84.9 Å². The molecule has 0 unspecified atom stereocenters. The first-order valence-electron chi connectivity index (χ1n) is 8.90. The van der Waals surface area contributed by atoms with Crippen LogP contribution in [-0.4, -0.2) is 17.2 Å². The number of benzene rings is 3. The van der Waals surface area contributed by atoms with Crippen molar-refractivity contribution in [2.75, 3.05) is 0 Å². The summed E-state index contributed by atoms with van der Waals surface area (Å²) in [6.45, 7) is 3.90. The molecule has 0 fully saturated rings. The van der Waals surface area contributed by atoms with E-state index < -0.39 is 5.60 Å². The monoisotopic (exact) mass is 358 g/mol. The predicted molar refractivity (Wildman–Crippen MR) is 106 cm³/mol. The van der Waals surface area contributed by atoms with E-state index in [9.17, 15) is 9.59 Å². The molecule has 0 radical (unpaired) electrons. The van der Waals surface area contributed by atoms with Crippen LogP contribution in [-0.2, 0) is 11.3 Å². The van der Waals surface area contributed by atoms with Crippen molar-refractivity contribution in [3.63, 3.8) is 0 Å². The average Bonchev–Trinajstić information content (AvgIpc) is 2.73. The van der Waals surface area contributed by atoms with Crippen molar-refractivity contribution in [3.05, 3.63) is 107 Å². The quantitative estimate of drug-likeness (QED) is 0.552. The first-order chi connectivity index (χ1) is 13.0. The van der Waals surface area contributed by atoms with E-state index in [1.165, 1.54) is 0 Å². The van der Waals surface area contributed by atoms with E-state index in [0.29, 0.717) is 23.3 Å². The first-order valence-corrected chi connectivity index (χ1v) is 8.90. The zero-order valence-corrected chi connectivity index (χ0v) is 15.5. The summed E-state index contributed by atoms with van der Waals surface area (Å²) in [6, 6.07) is 25.6. The molecule has 3 aromatic carbocycles. The zero-order chi connectivity index (χ0) is 19.3. The minimum absolute atomic E-state index is 0.0609. The third-order valence-corrected chi connectivity index (χ3v) is 4.43. The Morgan fingerprint density at radius 2 is 1.19 bits per heavy atom. The number of ether oxygens (including phenoxy) is 1.